The van der Waals surface area contributed by atoms with Gasteiger partial charge < -0.3 is 5.21 Å². The van der Waals surface area contributed by atoms with Gasteiger partial charge in [0.15, 0.2) is 0 Å². The van der Waals surface area contributed by atoms with E-state index in [0.717, 1.165) is 50.7 Å². The Labute approximate surface area is 260 Å². The molecule has 2 nitrogen and oxygen atoms in total. The van der Waals surface area contributed by atoms with Gasteiger partial charge in [0.1, 0.15) is 0 Å². The Bertz CT molecular complexity index is 1020. The van der Waals surface area contributed by atoms with E-state index in [1.54, 1.807) is 11.4 Å². The van der Waals surface area contributed by atoms with Gasteiger partial charge in [-0.15, -0.1) is 16.9 Å². The minimum atomic E-state index is -5.47. The van der Waals surface area contributed by atoms with Crippen molar-refractivity contribution in [2.75, 3.05) is 12.4 Å². The molecule has 4 rings (SSSR count). The molecule has 0 aromatic heterocycles. The maximum atomic E-state index is 13.3. The summed E-state index contributed by atoms with van der Waals surface area (Å²) in [6.07, 6.45) is 0.358. The Balaban J connectivity index is 0.00000420. The number of fused-ring (bicyclic) bond motifs is 5. The molecular weight excluding hydrogens is 625 g/mol. The van der Waals surface area contributed by atoms with Crippen molar-refractivity contribution in [1.29, 1.82) is 0 Å². The molecule has 0 bridgehead atoms. The van der Waals surface area contributed by atoms with Gasteiger partial charge in [0.25, 0.3) is 0 Å². The maximum Gasteiger partial charge on any atom is 0.453 e. The third-order valence-electron chi connectivity index (χ3n) is 9.92. The van der Waals surface area contributed by atoms with Crippen LogP contribution in [0.1, 0.15) is 89.2 Å². The molecule has 1 radical (unpaired) electrons. The monoisotopic (exact) mass is 665 g/mol. The first-order chi connectivity index (χ1) is 17.7. The summed E-state index contributed by atoms with van der Waals surface area (Å²) in [5.74, 6) is -2.28. The van der Waals surface area contributed by atoms with Gasteiger partial charge in [-0.25, -0.2) is 0 Å². The van der Waals surface area contributed by atoms with Crippen molar-refractivity contribution in [2.24, 2.45) is 28.3 Å². The molecule has 2 saturated carbocycles. The maximum absolute atomic E-state index is 13.3. The molecule has 0 amide bonds. The number of benzene rings is 1. The molecule has 39 heavy (non-hydrogen) atoms. The van der Waals surface area contributed by atoms with E-state index < -0.39 is 25.6 Å². The van der Waals surface area contributed by atoms with Crippen LogP contribution in [0.5, 0.6) is 0 Å². The Morgan fingerprint density at radius 1 is 1.18 bits per heavy atom. The summed E-state index contributed by atoms with van der Waals surface area (Å²) in [4.78, 5) is 0. The quantitative estimate of drug-likeness (QED) is 0.0712. The van der Waals surface area contributed by atoms with Crippen molar-refractivity contribution < 1.29 is 59.9 Å². The van der Waals surface area contributed by atoms with E-state index in [-0.39, 0.29) is 49.7 Å². The minimum absolute atomic E-state index is 0. The van der Waals surface area contributed by atoms with Crippen LogP contribution in [-0.2, 0) is 39.1 Å². The SMILES string of the molecule is CP(SCCCC(F)(F)C(F)(F)F)C(C)(C)CCC1Cc2cc[c-]cc2C2CCC3(C)/C(=N\O)CCC3C12.[Y]. The molecule has 3 aliphatic carbocycles. The second-order valence-corrected chi connectivity index (χ2v) is 17.7. The molecule has 1 aromatic carbocycles. The zero-order chi connectivity index (χ0) is 27.9. The van der Waals surface area contributed by atoms with E-state index >= 15 is 0 Å². The number of oxime groups is 1. The van der Waals surface area contributed by atoms with E-state index in [0.29, 0.717) is 29.4 Å². The standard InChI is InChI=1S/C29H40F5NOPS.Y/c1-26(2,37(4)38-17-7-14-28(30,31)29(32,33)34)15-12-20-18-19-8-5-6-9-21(19)22-13-16-27(3)23(25(20)22)10-11-24(27)35-36;/h5,8-9,20,22-23,25,36H,7,10-18H2,1-4H3;/q-1;/b35-24-;. The van der Waals surface area contributed by atoms with Crippen LogP contribution in [0.25, 0.3) is 0 Å². The summed E-state index contributed by atoms with van der Waals surface area (Å²) >= 11 is 1.57. The van der Waals surface area contributed by atoms with Crippen LogP contribution in [-0.4, -0.2) is 40.6 Å². The van der Waals surface area contributed by atoms with Crippen LogP contribution in [0.4, 0.5) is 22.0 Å². The molecule has 0 spiro atoms. The van der Waals surface area contributed by atoms with Crippen molar-refractivity contribution in [3.8, 4) is 0 Å². The van der Waals surface area contributed by atoms with Crippen LogP contribution in [0.3, 0.4) is 0 Å². The van der Waals surface area contributed by atoms with Crippen LogP contribution in [0, 0.1) is 29.2 Å². The molecule has 6 atom stereocenters. The topological polar surface area (TPSA) is 32.6 Å². The zero-order valence-electron chi connectivity index (χ0n) is 23.3. The third kappa shape index (κ3) is 6.91. The van der Waals surface area contributed by atoms with E-state index in [9.17, 15) is 27.2 Å². The second kappa shape index (κ2) is 12.8. The molecular formula is C29H40F5NOPSY-. The van der Waals surface area contributed by atoms with E-state index in [2.05, 4.69) is 50.8 Å². The van der Waals surface area contributed by atoms with Gasteiger partial charge in [0, 0.05) is 44.5 Å². The number of nitrogens with zero attached hydrogens (tertiary/aromatic N) is 1. The number of hydrogen-bond acceptors (Lipinski definition) is 3. The number of hydrogen-bond donors (Lipinski definition) is 1. The molecule has 0 saturated heterocycles. The molecule has 3 aliphatic rings. The summed E-state index contributed by atoms with van der Waals surface area (Å²) in [5, 5.41) is 13.4. The predicted molar refractivity (Wildman–Crippen MR) is 147 cm³/mol. The second-order valence-electron chi connectivity index (χ2n) is 12.4. The summed E-state index contributed by atoms with van der Waals surface area (Å²) in [5.41, 5.74) is 3.76. The van der Waals surface area contributed by atoms with Gasteiger partial charge in [-0.1, -0.05) is 38.3 Å². The largest absolute Gasteiger partial charge is 0.453 e. The van der Waals surface area contributed by atoms with Crippen LogP contribution < -0.4 is 0 Å². The first-order valence-electron chi connectivity index (χ1n) is 13.7. The molecule has 1 aromatic rings. The minimum Gasteiger partial charge on any atom is -0.411 e. The number of rotatable bonds is 9. The van der Waals surface area contributed by atoms with Gasteiger partial charge in [-0.3, -0.25) is 0 Å². The Morgan fingerprint density at radius 2 is 1.90 bits per heavy atom. The van der Waals surface area contributed by atoms with Crippen molar-refractivity contribution in [1.82, 2.24) is 0 Å². The fraction of sp³-hybridized carbons (Fsp3) is 0.759. The average molecular weight is 666 g/mol. The van der Waals surface area contributed by atoms with Gasteiger partial charge >= 0.3 is 12.1 Å². The van der Waals surface area contributed by atoms with E-state index in [1.807, 2.05) is 6.07 Å². The Kier molecular flexibility index (Phi) is 11.1. The van der Waals surface area contributed by atoms with Gasteiger partial charge in [0.05, 0.1) is 5.71 Å². The molecule has 10 heteroatoms. The average Bonchev–Trinajstić information content (AvgIpc) is 3.20. The number of alkyl halides is 5. The summed E-state index contributed by atoms with van der Waals surface area (Å²) in [7, 11) is -0.596. The van der Waals surface area contributed by atoms with E-state index in [4.69, 9.17) is 0 Å². The number of halogens is 5. The van der Waals surface area contributed by atoms with Crippen molar-refractivity contribution in [3.63, 3.8) is 0 Å². The molecule has 0 heterocycles. The van der Waals surface area contributed by atoms with Gasteiger partial charge in [-0.2, -0.15) is 51.8 Å². The normalized spacial score (nSPS) is 30.7. The zero-order valence-corrected chi connectivity index (χ0v) is 27.9. The van der Waals surface area contributed by atoms with Gasteiger partial charge in [0.2, 0.25) is 0 Å². The summed E-state index contributed by atoms with van der Waals surface area (Å²) in [6, 6.07) is 9.69. The Hall–Kier alpha value is 0.224. The molecule has 0 aliphatic heterocycles. The predicted octanol–water partition coefficient (Wildman–Crippen LogP) is 9.69. The fourth-order valence-corrected chi connectivity index (χ4v) is 11.3. The van der Waals surface area contributed by atoms with E-state index in [1.165, 1.54) is 11.1 Å². The third-order valence-corrected chi connectivity index (χ3v) is 15.9. The first-order valence-corrected chi connectivity index (χ1v) is 17.1. The van der Waals surface area contributed by atoms with Gasteiger partial charge in [-0.05, 0) is 87.4 Å². The van der Waals surface area contributed by atoms with Crippen molar-refractivity contribution in [3.05, 3.63) is 35.4 Å². The summed E-state index contributed by atoms with van der Waals surface area (Å²) in [6.45, 7) is 8.86. The van der Waals surface area contributed by atoms with Crippen LogP contribution in [0.15, 0.2) is 23.4 Å². The summed E-state index contributed by atoms with van der Waals surface area (Å²) < 4.78 is 64.0. The van der Waals surface area contributed by atoms with Crippen molar-refractivity contribution >= 4 is 24.2 Å². The fourth-order valence-electron chi connectivity index (χ4n) is 7.40. The van der Waals surface area contributed by atoms with Crippen LogP contribution >= 0.6 is 18.5 Å². The molecule has 2 fully saturated rings. The smallest absolute Gasteiger partial charge is 0.411 e. The van der Waals surface area contributed by atoms with Crippen LogP contribution in [0.2, 0.25) is 0 Å². The first kappa shape index (κ1) is 33.7. The molecule has 217 valence electrons. The molecule has 1 N–H and O–H groups in total. The Morgan fingerprint density at radius 3 is 2.56 bits per heavy atom. The van der Waals surface area contributed by atoms with Crippen molar-refractivity contribution in [2.45, 2.75) is 102 Å². The molecule has 6 unspecified atom stereocenters.